The van der Waals surface area contributed by atoms with Crippen molar-refractivity contribution < 1.29 is 4.74 Å². The number of hydrogen-bond acceptors (Lipinski definition) is 4. The normalized spacial score (nSPS) is 11.8. The molecule has 1 rings (SSSR count). The number of allylic oxidation sites excluding steroid dienone is 1. The third-order valence-corrected chi connectivity index (χ3v) is 2.52. The van der Waals surface area contributed by atoms with Crippen LogP contribution in [0.25, 0.3) is 5.57 Å². The summed E-state index contributed by atoms with van der Waals surface area (Å²) in [5, 5.41) is 3.29. The number of aromatic nitrogens is 1. The Kier molecular flexibility index (Phi) is 6.29. The van der Waals surface area contributed by atoms with Crippen LogP contribution in [0.3, 0.4) is 0 Å². The van der Waals surface area contributed by atoms with E-state index in [-0.39, 0.29) is 0 Å². The van der Waals surface area contributed by atoms with Crippen LogP contribution in [0.15, 0.2) is 24.4 Å². The first-order chi connectivity index (χ1) is 8.25. The fourth-order valence-electron chi connectivity index (χ4n) is 1.55. The molecule has 0 unspecified atom stereocenters. The van der Waals surface area contributed by atoms with Gasteiger partial charge in [0.1, 0.15) is 5.82 Å². The Morgan fingerprint density at radius 1 is 1.53 bits per heavy atom. The standard InChI is InChI=1S/C13H21N3O/c1-11(5-3-7-15-9-10-17-2)12-6-4-8-16-13(12)14/h4-6,8,15H,3,7,9-10H2,1-2H3,(H2,14,16). The average molecular weight is 235 g/mol. The van der Waals surface area contributed by atoms with Crippen molar-refractivity contribution in [2.75, 3.05) is 32.5 Å². The highest BCUT2D eigenvalue weighted by Crippen LogP contribution is 2.18. The van der Waals surface area contributed by atoms with E-state index in [1.54, 1.807) is 13.3 Å². The summed E-state index contributed by atoms with van der Waals surface area (Å²) in [7, 11) is 1.71. The topological polar surface area (TPSA) is 60.2 Å². The Labute approximate surface area is 103 Å². The first-order valence-corrected chi connectivity index (χ1v) is 5.83. The predicted molar refractivity (Wildman–Crippen MR) is 71.7 cm³/mol. The summed E-state index contributed by atoms with van der Waals surface area (Å²) < 4.78 is 4.95. The molecule has 0 amide bonds. The second-order valence-corrected chi connectivity index (χ2v) is 3.85. The zero-order valence-electron chi connectivity index (χ0n) is 10.6. The number of methoxy groups -OCH3 is 1. The van der Waals surface area contributed by atoms with Gasteiger partial charge >= 0.3 is 0 Å². The number of nitrogens with one attached hydrogen (secondary N) is 1. The lowest BCUT2D eigenvalue weighted by Gasteiger charge is -2.05. The van der Waals surface area contributed by atoms with E-state index in [1.807, 2.05) is 12.1 Å². The van der Waals surface area contributed by atoms with Crippen molar-refractivity contribution in [2.24, 2.45) is 0 Å². The fourth-order valence-corrected chi connectivity index (χ4v) is 1.55. The van der Waals surface area contributed by atoms with E-state index in [9.17, 15) is 0 Å². The van der Waals surface area contributed by atoms with Crippen molar-refractivity contribution in [1.29, 1.82) is 0 Å². The molecular weight excluding hydrogens is 214 g/mol. The molecule has 0 radical (unpaired) electrons. The van der Waals surface area contributed by atoms with Gasteiger partial charge in [-0.2, -0.15) is 0 Å². The molecule has 1 aromatic heterocycles. The number of nitrogens with zero attached hydrogens (tertiary/aromatic N) is 1. The third-order valence-electron chi connectivity index (χ3n) is 2.52. The van der Waals surface area contributed by atoms with Crippen molar-refractivity contribution >= 4 is 11.4 Å². The van der Waals surface area contributed by atoms with Gasteiger partial charge < -0.3 is 15.8 Å². The molecule has 0 aromatic carbocycles. The van der Waals surface area contributed by atoms with Crippen molar-refractivity contribution in [1.82, 2.24) is 10.3 Å². The maximum Gasteiger partial charge on any atom is 0.130 e. The Morgan fingerprint density at radius 2 is 2.35 bits per heavy atom. The van der Waals surface area contributed by atoms with Gasteiger partial charge in [-0.05, 0) is 37.6 Å². The Hall–Kier alpha value is -1.39. The van der Waals surface area contributed by atoms with Crippen molar-refractivity contribution in [3.63, 3.8) is 0 Å². The predicted octanol–water partition coefficient (Wildman–Crippen LogP) is 1.69. The van der Waals surface area contributed by atoms with Crippen LogP contribution in [0.4, 0.5) is 5.82 Å². The Morgan fingerprint density at radius 3 is 3.06 bits per heavy atom. The molecule has 0 bridgehead atoms. The molecular formula is C13H21N3O. The van der Waals surface area contributed by atoms with Gasteiger partial charge in [0.25, 0.3) is 0 Å². The number of rotatable bonds is 7. The summed E-state index contributed by atoms with van der Waals surface area (Å²) in [5.41, 5.74) is 8.00. The molecule has 0 aliphatic carbocycles. The van der Waals surface area contributed by atoms with Gasteiger partial charge in [-0.15, -0.1) is 0 Å². The molecule has 1 aromatic rings. The van der Waals surface area contributed by atoms with Crippen LogP contribution < -0.4 is 11.1 Å². The van der Waals surface area contributed by atoms with E-state index in [0.717, 1.165) is 31.7 Å². The van der Waals surface area contributed by atoms with Crippen molar-refractivity contribution in [3.05, 3.63) is 30.0 Å². The highest BCUT2D eigenvalue weighted by molar-refractivity contribution is 5.71. The van der Waals surface area contributed by atoms with Gasteiger partial charge in [-0.1, -0.05) is 6.08 Å². The van der Waals surface area contributed by atoms with Gasteiger partial charge in [0.15, 0.2) is 0 Å². The quantitative estimate of drug-likeness (QED) is 0.706. The van der Waals surface area contributed by atoms with E-state index in [2.05, 4.69) is 23.3 Å². The molecule has 0 aliphatic rings. The molecule has 94 valence electrons. The van der Waals surface area contributed by atoms with Crippen molar-refractivity contribution in [3.8, 4) is 0 Å². The van der Waals surface area contributed by atoms with Crippen LogP contribution >= 0.6 is 0 Å². The zero-order valence-corrected chi connectivity index (χ0v) is 10.6. The Bertz CT molecular complexity index is 363. The maximum absolute atomic E-state index is 5.81. The van der Waals surface area contributed by atoms with E-state index >= 15 is 0 Å². The highest BCUT2D eigenvalue weighted by Gasteiger charge is 2.00. The number of nitrogens with two attached hydrogens (primary N) is 1. The summed E-state index contributed by atoms with van der Waals surface area (Å²) in [6, 6.07) is 3.90. The Balaban J connectivity index is 2.37. The molecule has 4 nitrogen and oxygen atoms in total. The third kappa shape index (κ3) is 4.97. The second-order valence-electron chi connectivity index (χ2n) is 3.85. The summed E-state index contributed by atoms with van der Waals surface area (Å²) in [5.74, 6) is 0.591. The van der Waals surface area contributed by atoms with Gasteiger partial charge in [0.05, 0.1) is 6.61 Å². The summed E-state index contributed by atoms with van der Waals surface area (Å²) in [6.45, 7) is 4.64. The SMILES string of the molecule is COCCNCCC=C(C)c1cccnc1N. The number of nitrogen functional groups attached to an aromatic ring is 1. The molecule has 0 atom stereocenters. The minimum atomic E-state index is 0.591. The first kappa shape index (κ1) is 13.7. The van der Waals surface area contributed by atoms with E-state index < -0.39 is 0 Å². The fraction of sp³-hybridized carbons (Fsp3) is 0.462. The maximum atomic E-state index is 5.81. The van der Waals surface area contributed by atoms with Gasteiger partial charge in [0.2, 0.25) is 0 Å². The van der Waals surface area contributed by atoms with Crippen molar-refractivity contribution in [2.45, 2.75) is 13.3 Å². The van der Waals surface area contributed by atoms with Crippen LogP contribution in [0.2, 0.25) is 0 Å². The molecule has 4 heteroatoms. The van der Waals surface area contributed by atoms with Gasteiger partial charge in [0, 0.05) is 25.4 Å². The van der Waals surface area contributed by atoms with Gasteiger partial charge in [-0.3, -0.25) is 0 Å². The summed E-state index contributed by atoms with van der Waals surface area (Å²) in [6.07, 6.45) is 4.86. The van der Waals surface area contributed by atoms with Crippen LogP contribution in [0, 0.1) is 0 Å². The van der Waals surface area contributed by atoms with E-state index in [0.29, 0.717) is 5.82 Å². The smallest absolute Gasteiger partial charge is 0.130 e. The van der Waals surface area contributed by atoms with Crippen LogP contribution in [-0.2, 0) is 4.74 Å². The minimum absolute atomic E-state index is 0.591. The first-order valence-electron chi connectivity index (χ1n) is 5.83. The van der Waals surface area contributed by atoms with E-state index in [4.69, 9.17) is 10.5 Å². The molecule has 0 spiro atoms. The van der Waals surface area contributed by atoms with Crippen LogP contribution in [0.1, 0.15) is 18.9 Å². The molecule has 0 fully saturated rings. The minimum Gasteiger partial charge on any atom is -0.383 e. The molecule has 3 N–H and O–H groups in total. The number of ether oxygens (including phenoxy) is 1. The lowest BCUT2D eigenvalue weighted by Crippen LogP contribution is -2.19. The summed E-state index contributed by atoms with van der Waals surface area (Å²) in [4.78, 5) is 4.07. The number of pyridine rings is 1. The van der Waals surface area contributed by atoms with Crippen LogP contribution in [-0.4, -0.2) is 31.8 Å². The molecule has 0 saturated carbocycles. The monoisotopic (exact) mass is 235 g/mol. The summed E-state index contributed by atoms with van der Waals surface area (Å²) >= 11 is 0. The van der Waals surface area contributed by atoms with E-state index in [1.165, 1.54) is 5.57 Å². The number of hydrogen-bond donors (Lipinski definition) is 2. The highest BCUT2D eigenvalue weighted by atomic mass is 16.5. The van der Waals surface area contributed by atoms with Crippen LogP contribution in [0.5, 0.6) is 0 Å². The molecule has 17 heavy (non-hydrogen) atoms. The van der Waals surface area contributed by atoms with Gasteiger partial charge in [-0.25, -0.2) is 4.98 Å². The largest absolute Gasteiger partial charge is 0.383 e. The number of anilines is 1. The second kappa shape index (κ2) is 7.81. The lowest BCUT2D eigenvalue weighted by atomic mass is 10.1. The molecule has 0 aliphatic heterocycles. The average Bonchev–Trinajstić information content (AvgIpc) is 2.34. The molecule has 1 heterocycles. The zero-order chi connectivity index (χ0) is 12.5. The molecule has 0 saturated heterocycles. The lowest BCUT2D eigenvalue weighted by molar-refractivity contribution is 0.199.